The number of carbonyl (C=O) groups is 2. The minimum Gasteiger partial charge on any atom is -0.479 e. The maximum Gasteiger partial charge on any atom is 0.411 e. The summed E-state index contributed by atoms with van der Waals surface area (Å²) in [6.07, 6.45) is 0.985. The first kappa shape index (κ1) is 15.1. The fourth-order valence-corrected chi connectivity index (χ4v) is 2.16. The summed E-state index contributed by atoms with van der Waals surface area (Å²) in [5, 5.41) is 9.30. The van der Waals surface area contributed by atoms with Gasteiger partial charge in [0, 0.05) is 0 Å². The van der Waals surface area contributed by atoms with Gasteiger partial charge >= 0.3 is 12.1 Å². The van der Waals surface area contributed by atoms with Crippen LogP contribution in [0.5, 0.6) is 0 Å². The summed E-state index contributed by atoms with van der Waals surface area (Å²) in [5.74, 6) is -1.06. The third-order valence-electron chi connectivity index (χ3n) is 3.06. The van der Waals surface area contributed by atoms with E-state index in [2.05, 4.69) is 0 Å². The molecule has 0 radical (unpaired) electrons. The highest BCUT2D eigenvalue weighted by Crippen LogP contribution is 2.26. The van der Waals surface area contributed by atoms with Gasteiger partial charge in [-0.05, 0) is 38.0 Å². The number of hydrogen-bond donors (Lipinski definition) is 1. The molecule has 2 rings (SSSR count). The molecule has 0 unspecified atom stereocenters. The molecule has 1 amide bonds. The Balaban J connectivity index is 2.22. The van der Waals surface area contributed by atoms with Crippen LogP contribution in [-0.4, -0.2) is 40.3 Å². The molecule has 1 aromatic carbocycles. The highest BCUT2D eigenvalue weighted by atomic mass is 16.6. The van der Waals surface area contributed by atoms with E-state index in [0.29, 0.717) is 0 Å². The Morgan fingerprint density at radius 1 is 1.24 bits per heavy atom. The zero-order chi connectivity index (χ0) is 15.6. The van der Waals surface area contributed by atoms with Gasteiger partial charge in [0.1, 0.15) is 5.60 Å². The van der Waals surface area contributed by atoms with Gasteiger partial charge in [-0.15, -0.1) is 0 Å². The lowest BCUT2D eigenvalue weighted by atomic mass is 10.1. The number of amides is 1. The molecule has 5 nitrogen and oxygen atoms in total. The topological polar surface area (TPSA) is 66.8 Å². The molecule has 0 bridgehead atoms. The standard InChI is InChI=1S/C16H19NO4/c1-16(2,3)21-15(20)17-10-12(9-13(17)14(18)19)11-7-5-4-6-8-11/h4-9,13H,10H2,1-3H3,(H,18,19)/t13-/m0/s1. The summed E-state index contributed by atoms with van der Waals surface area (Å²) < 4.78 is 5.28. The van der Waals surface area contributed by atoms with Crippen molar-refractivity contribution in [1.82, 2.24) is 4.90 Å². The SMILES string of the molecule is CC(C)(C)OC(=O)N1CC(c2ccccc2)=C[C@H]1C(=O)O. The van der Waals surface area contributed by atoms with Crippen molar-refractivity contribution < 1.29 is 19.4 Å². The molecule has 0 aliphatic carbocycles. The highest BCUT2D eigenvalue weighted by molar-refractivity contribution is 5.89. The van der Waals surface area contributed by atoms with Gasteiger partial charge in [-0.25, -0.2) is 9.59 Å². The van der Waals surface area contributed by atoms with Gasteiger partial charge < -0.3 is 9.84 Å². The number of carboxylic acid groups (broad SMARTS) is 1. The van der Waals surface area contributed by atoms with Crippen LogP contribution in [0.3, 0.4) is 0 Å². The molecule has 1 N–H and O–H groups in total. The van der Waals surface area contributed by atoms with Crippen LogP contribution in [0, 0.1) is 0 Å². The van der Waals surface area contributed by atoms with E-state index < -0.39 is 23.7 Å². The first-order valence-electron chi connectivity index (χ1n) is 6.76. The molecule has 0 fully saturated rings. The lowest BCUT2D eigenvalue weighted by Crippen LogP contribution is -2.43. The molecule has 0 saturated carbocycles. The average molecular weight is 289 g/mol. The third-order valence-corrected chi connectivity index (χ3v) is 3.06. The van der Waals surface area contributed by atoms with Crippen molar-refractivity contribution in [2.45, 2.75) is 32.4 Å². The zero-order valence-corrected chi connectivity index (χ0v) is 12.4. The predicted molar refractivity (Wildman–Crippen MR) is 78.8 cm³/mol. The van der Waals surface area contributed by atoms with E-state index in [-0.39, 0.29) is 6.54 Å². The Kier molecular flexibility index (Phi) is 4.02. The minimum atomic E-state index is -1.06. The second-order valence-electron chi connectivity index (χ2n) is 5.95. The van der Waals surface area contributed by atoms with Crippen molar-refractivity contribution in [3.63, 3.8) is 0 Å². The molecule has 5 heteroatoms. The van der Waals surface area contributed by atoms with Crippen LogP contribution < -0.4 is 0 Å². The number of rotatable bonds is 2. The van der Waals surface area contributed by atoms with Crippen molar-refractivity contribution in [3.8, 4) is 0 Å². The Morgan fingerprint density at radius 2 is 1.86 bits per heavy atom. The molecular weight excluding hydrogens is 270 g/mol. The molecule has 0 saturated heterocycles. The molecule has 1 aromatic rings. The Labute approximate surface area is 123 Å². The van der Waals surface area contributed by atoms with Crippen LogP contribution in [0.1, 0.15) is 26.3 Å². The number of hydrogen-bond acceptors (Lipinski definition) is 3. The molecule has 1 aliphatic heterocycles. The maximum atomic E-state index is 12.2. The lowest BCUT2D eigenvalue weighted by Gasteiger charge is -2.27. The lowest BCUT2D eigenvalue weighted by molar-refractivity contribution is -0.140. The number of aliphatic carboxylic acids is 1. The molecule has 1 atom stereocenters. The monoisotopic (exact) mass is 289 g/mol. The number of carboxylic acids is 1. The van der Waals surface area contributed by atoms with Crippen molar-refractivity contribution in [1.29, 1.82) is 0 Å². The van der Waals surface area contributed by atoms with E-state index in [1.54, 1.807) is 26.8 Å². The van der Waals surface area contributed by atoms with Crippen LogP contribution >= 0.6 is 0 Å². The summed E-state index contributed by atoms with van der Waals surface area (Å²) in [4.78, 5) is 24.8. The summed E-state index contributed by atoms with van der Waals surface area (Å²) in [7, 11) is 0. The fourth-order valence-electron chi connectivity index (χ4n) is 2.16. The first-order chi connectivity index (χ1) is 9.78. The van der Waals surface area contributed by atoms with Gasteiger partial charge in [-0.3, -0.25) is 4.90 Å². The van der Waals surface area contributed by atoms with Gasteiger partial charge in [0.05, 0.1) is 6.54 Å². The Hall–Kier alpha value is -2.30. The summed E-state index contributed by atoms with van der Waals surface area (Å²) in [6, 6.07) is 8.44. The van der Waals surface area contributed by atoms with Crippen LogP contribution in [0.4, 0.5) is 4.79 Å². The molecule has 0 aromatic heterocycles. The van der Waals surface area contributed by atoms with E-state index in [4.69, 9.17) is 4.74 Å². The molecule has 0 spiro atoms. The van der Waals surface area contributed by atoms with Crippen LogP contribution in [0.25, 0.3) is 5.57 Å². The first-order valence-corrected chi connectivity index (χ1v) is 6.76. The largest absolute Gasteiger partial charge is 0.479 e. The van der Waals surface area contributed by atoms with Crippen molar-refractivity contribution in [3.05, 3.63) is 42.0 Å². The van der Waals surface area contributed by atoms with Crippen molar-refractivity contribution >= 4 is 17.6 Å². The predicted octanol–water partition coefficient (Wildman–Crippen LogP) is 2.77. The van der Waals surface area contributed by atoms with E-state index >= 15 is 0 Å². The van der Waals surface area contributed by atoms with Crippen molar-refractivity contribution in [2.75, 3.05) is 6.54 Å². The van der Waals surface area contributed by atoms with Gasteiger partial charge in [-0.2, -0.15) is 0 Å². The fraction of sp³-hybridized carbons (Fsp3) is 0.375. The van der Waals surface area contributed by atoms with Crippen molar-refractivity contribution in [2.24, 2.45) is 0 Å². The van der Waals surface area contributed by atoms with Gasteiger partial charge in [0.2, 0.25) is 0 Å². The average Bonchev–Trinajstić information content (AvgIpc) is 2.83. The van der Waals surface area contributed by atoms with Crippen LogP contribution in [0.2, 0.25) is 0 Å². The highest BCUT2D eigenvalue weighted by Gasteiger charge is 2.36. The van der Waals surface area contributed by atoms with Crippen LogP contribution in [0.15, 0.2) is 36.4 Å². The molecular formula is C16H19NO4. The van der Waals surface area contributed by atoms with E-state index in [0.717, 1.165) is 11.1 Å². The van der Waals surface area contributed by atoms with E-state index in [1.807, 2.05) is 30.3 Å². The zero-order valence-electron chi connectivity index (χ0n) is 12.4. The number of carbonyl (C=O) groups excluding carboxylic acids is 1. The smallest absolute Gasteiger partial charge is 0.411 e. The summed E-state index contributed by atoms with van der Waals surface area (Å²) in [5.41, 5.74) is 1.07. The van der Waals surface area contributed by atoms with E-state index in [9.17, 15) is 14.7 Å². The van der Waals surface area contributed by atoms with Crippen LogP contribution in [-0.2, 0) is 9.53 Å². The quantitative estimate of drug-likeness (QED) is 0.909. The molecule has 21 heavy (non-hydrogen) atoms. The maximum absolute atomic E-state index is 12.2. The second-order valence-corrected chi connectivity index (χ2v) is 5.95. The summed E-state index contributed by atoms with van der Waals surface area (Å²) >= 11 is 0. The number of benzene rings is 1. The normalized spacial score (nSPS) is 18.3. The second kappa shape index (κ2) is 5.60. The Morgan fingerprint density at radius 3 is 2.38 bits per heavy atom. The molecule has 1 heterocycles. The number of nitrogens with zero attached hydrogens (tertiary/aromatic N) is 1. The van der Waals surface area contributed by atoms with Gasteiger partial charge in [0.15, 0.2) is 6.04 Å². The Bertz CT molecular complexity index is 572. The van der Waals surface area contributed by atoms with Gasteiger partial charge in [-0.1, -0.05) is 30.3 Å². The van der Waals surface area contributed by atoms with Gasteiger partial charge in [0.25, 0.3) is 0 Å². The minimum absolute atomic E-state index is 0.232. The molecule has 1 aliphatic rings. The third kappa shape index (κ3) is 3.62. The van der Waals surface area contributed by atoms with E-state index in [1.165, 1.54) is 4.90 Å². The molecule has 112 valence electrons. The summed E-state index contributed by atoms with van der Waals surface area (Å²) in [6.45, 7) is 5.49. The number of ether oxygens (including phenoxy) is 1.